The Morgan fingerprint density at radius 3 is 3.12 bits per heavy atom. The number of likely N-dealkylation sites (tertiary alicyclic amines) is 1. The minimum Gasteiger partial charge on any atom is -0.495 e. The molecule has 1 fully saturated rings. The number of piperidine rings is 1. The van der Waals surface area contributed by atoms with Crippen molar-refractivity contribution < 1.29 is 19.4 Å². The van der Waals surface area contributed by atoms with E-state index in [9.17, 15) is 4.79 Å². The molecule has 3 heterocycles. The van der Waals surface area contributed by atoms with E-state index >= 15 is 0 Å². The maximum atomic E-state index is 10.8. The van der Waals surface area contributed by atoms with Crippen molar-refractivity contribution in [2.45, 2.75) is 36.3 Å². The van der Waals surface area contributed by atoms with Crippen LogP contribution in [0.2, 0.25) is 0 Å². The molecule has 8 heteroatoms. The Morgan fingerprint density at radius 2 is 2.26 bits per heavy atom. The van der Waals surface area contributed by atoms with Gasteiger partial charge in [-0.1, -0.05) is 6.07 Å². The number of hydrogen-bond donors (Lipinski definition) is 1. The van der Waals surface area contributed by atoms with Crippen molar-refractivity contribution >= 4 is 40.0 Å². The molecule has 0 radical (unpaired) electrons. The summed E-state index contributed by atoms with van der Waals surface area (Å²) in [6.07, 6.45) is 6.02. The third-order valence-corrected chi connectivity index (χ3v) is 8.40. The summed E-state index contributed by atoms with van der Waals surface area (Å²) in [4.78, 5) is 17.8. The number of fused-ring (bicyclic) bond motifs is 1. The number of benzene rings is 1. The van der Waals surface area contributed by atoms with Gasteiger partial charge in [-0.2, -0.15) is 0 Å². The molecule has 34 heavy (non-hydrogen) atoms. The maximum Gasteiger partial charge on any atom is 0.303 e. The summed E-state index contributed by atoms with van der Waals surface area (Å²) in [7, 11) is 1.64. The first-order chi connectivity index (χ1) is 16.6. The van der Waals surface area contributed by atoms with Gasteiger partial charge < -0.3 is 19.5 Å². The lowest BCUT2D eigenvalue weighted by atomic mass is 9.93. The average molecular weight is 501 g/mol. The second kappa shape index (κ2) is 12.4. The molecule has 2 aromatic heterocycles. The second-order valence-corrected chi connectivity index (χ2v) is 11.0. The van der Waals surface area contributed by atoms with Gasteiger partial charge in [0.05, 0.1) is 29.6 Å². The molecule has 1 unspecified atom stereocenters. The number of carboxylic acid groups (broad SMARTS) is 1. The Labute approximate surface area is 209 Å². The molecule has 0 aliphatic carbocycles. The zero-order chi connectivity index (χ0) is 23.8. The van der Waals surface area contributed by atoms with Gasteiger partial charge in [-0.3, -0.25) is 9.78 Å². The smallest absolute Gasteiger partial charge is 0.303 e. The van der Waals surface area contributed by atoms with Gasteiger partial charge in [0.1, 0.15) is 11.5 Å². The predicted octanol–water partition coefficient (Wildman–Crippen LogP) is 5.60. The molecule has 1 aromatic carbocycles. The number of thiophene rings is 1. The number of nitrogens with zero attached hydrogens (tertiary/aromatic N) is 2. The number of pyridine rings is 1. The molecule has 0 spiro atoms. The lowest BCUT2D eigenvalue weighted by Crippen LogP contribution is -2.37. The number of methoxy groups -OCH3 is 1. The van der Waals surface area contributed by atoms with Gasteiger partial charge in [0, 0.05) is 37.1 Å². The second-order valence-electron chi connectivity index (χ2n) is 8.66. The van der Waals surface area contributed by atoms with E-state index in [4.69, 9.17) is 14.6 Å². The number of ether oxygens (including phenoxy) is 2. The summed E-state index contributed by atoms with van der Waals surface area (Å²) in [5.41, 5.74) is 2.20. The highest BCUT2D eigenvalue weighted by Crippen LogP contribution is 2.29. The number of carboxylic acids is 1. The highest BCUT2D eigenvalue weighted by atomic mass is 32.2. The molecule has 182 valence electrons. The zero-order valence-corrected chi connectivity index (χ0v) is 21.2. The zero-order valence-electron chi connectivity index (χ0n) is 19.6. The van der Waals surface area contributed by atoms with Crippen LogP contribution in [0.3, 0.4) is 0 Å². The lowest BCUT2D eigenvalue weighted by molar-refractivity contribution is -0.137. The number of hydrogen-bond acceptors (Lipinski definition) is 7. The lowest BCUT2D eigenvalue weighted by Gasteiger charge is -2.32. The van der Waals surface area contributed by atoms with Crippen LogP contribution in [0.15, 0.2) is 46.1 Å². The van der Waals surface area contributed by atoms with Crippen LogP contribution in [-0.2, 0) is 11.2 Å². The highest BCUT2D eigenvalue weighted by Gasteiger charge is 2.20. The fraction of sp³-hybridized carbons (Fsp3) is 0.462. The van der Waals surface area contributed by atoms with Gasteiger partial charge in [0.15, 0.2) is 0 Å². The van der Waals surface area contributed by atoms with E-state index in [0.717, 1.165) is 67.1 Å². The SMILES string of the molecule is COc1cnc2cccc(OCCc3csc(SCCN4CCCC(CCC(=O)O)C4)c3)c2c1. The van der Waals surface area contributed by atoms with E-state index in [1.807, 2.05) is 36.0 Å². The van der Waals surface area contributed by atoms with Crippen LogP contribution in [0.1, 0.15) is 31.2 Å². The molecule has 0 saturated carbocycles. The Kier molecular flexibility index (Phi) is 9.07. The van der Waals surface area contributed by atoms with Crippen molar-refractivity contribution in [1.82, 2.24) is 9.88 Å². The van der Waals surface area contributed by atoms with E-state index in [1.54, 1.807) is 24.6 Å². The predicted molar refractivity (Wildman–Crippen MR) is 139 cm³/mol. The van der Waals surface area contributed by atoms with Crippen molar-refractivity contribution in [1.29, 1.82) is 0 Å². The largest absolute Gasteiger partial charge is 0.495 e. The number of aromatic nitrogens is 1. The molecule has 1 saturated heterocycles. The van der Waals surface area contributed by atoms with E-state index in [1.165, 1.54) is 16.2 Å². The normalized spacial score (nSPS) is 16.6. The van der Waals surface area contributed by atoms with Crippen molar-refractivity contribution in [2.75, 3.05) is 39.1 Å². The Bertz CT molecular complexity index is 1090. The third kappa shape index (κ3) is 7.10. The molecular weight excluding hydrogens is 468 g/mol. The summed E-state index contributed by atoms with van der Waals surface area (Å²) in [5, 5.41) is 12.1. The van der Waals surface area contributed by atoms with Gasteiger partial charge in [0.2, 0.25) is 0 Å². The number of thioether (sulfide) groups is 1. The molecule has 0 bridgehead atoms. The first-order valence-corrected chi connectivity index (χ1v) is 13.7. The van der Waals surface area contributed by atoms with E-state index in [2.05, 4.69) is 21.3 Å². The highest BCUT2D eigenvalue weighted by molar-refractivity contribution is 8.01. The van der Waals surface area contributed by atoms with Crippen molar-refractivity contribution in [2.24, 2.45) is 5.92 Å². The number of aliphatic carboxylic acids is 1. The molecule has 1 atom stereocenters. The Hall–Kier alpha value is -2.29. The van der Waals surface area contributed by atoms with E-state index in [-0.39, 0.29) is 0 Å². The standard InChI is InChI=1S/C26H32N2O4S2/c1-31-21-15-22-23(27-16-21)5-2-6-24(22)32-12-9-20-14-26(34-18-20)33-13-11-28-10-3-4-19(17-28)7-8-25(29)30/h2,5-6,14-16,18-19H,3-4,7-13,17H2,1H3,(H,29,30). The van der Waals surface area contributed by atoms with Gasteiger partial charge >= 0.3 is 5.97 Å². The summed E-state index contributed by atoms with van der Waals surface area (Å²) in [6.45, 7) is 3.84. The molecular formula is C26H32N2O4S2. The molecule has 4 rings (SSSR count). The minimum absolute atomic E-state index is 0.292. The van der Waals surface area contributed by atoms with Crippen LogP contribution >= 0.6 is 23.1 Å². The quantitative estimate of drug-likeness (QED) is 0.325. The van der Waals surface area contributed by atoms with Crippen LogP contribution in [-0.4, -0.2) is 60.1 Å². The molecule has 6 nitrogen and oxygen atoms in total. The van der Waals surface area contributed by atoms with Gasteiger partial charge in [-0.15, -0.1) is 23.1 Å². The van der Waals surface area contributed by atoms with Crippen LogP contribution in [0, 0.1) is 5.92 Å². The van der Waals surface area contributed by atoms with E-state index in [0.29, 0.717) is 18.9 Å². The van der Waals surface area contributed by atoms with Crippen LogP contribution in [0.4, 0.5) is 0 Å². The number of carbonyl (C=O) groups is 1. The summed E-state index contributed by atoms with van der Waals surface area (Å²) < 4.78 is 12.7. The number of rotatable bonds is 12. The first kappa shape index (κ1) is 24.8. The minimum atomic E-state index is -0.680. The summed E-state index contributed by atoms with van der Waals surface area (Å²) >= 11 is 3.71. The van der Waals surface area contributed by atoms with Crippen LogP contribution in [0.25, 0.3) is 10.9 Å². The molecule has 3 aromatic rings. The maximum absolute atomic E-state index is 10.8. The summed E-state index contributed by atoms with van der Waals surface area (Å²) in [5.74, 6) is 2.47. The molecule has 0 amide bonds. The summed E-state index contributed by atoms with van der Waals surface area (Å²) in [6, 6.07) is 10.2. The Morgan fingerprint density at radius 1 is 1.35 bits per heavy atom. The van der Waals surface area contributed by atoms with Crippen LogP contribution < -0.4 is 9.47 Å². The first-order valence-electron chi connectivity index (χ1n) is 11.8. The van der Waals surface area contributed by atoms with Gasteiger partial charge in [-0.05, 0) is 66.9 Å². The topological polar surface area (TPSA) is 71.9 Å². The monoisotopic (exact) mass is 500 g/mol. The van der Waals surface area contributed by atoms with Crippen molar-refractivity contribution in [3.05, 3.63) is 47.5 Å². The van der Waals surface area contributed by atoms with Gasteiger partial charge in [-0.25, -0.2) is 0 Å². The van der Waals surface area contributed by atoms with Crippen molar-refractivity contribution in [3.8, 4) is 11.5 Å². The van der Waals surface area contributed by atoms with E-state index < -0.39 is 5.97 Å². The fourth-order valence-corrected chi connectivity index (χ4v) is 6.50. The molecule has 1 aliphatic heterocycles. The molecule has 1 N–H and O–H groups in total. The van der Waals surface area contributed by atoms with Crippen molar-refractivity contribution in [3.63, 3.8) is 0 Å². The Balaban J connectivity index is 1.20. The molecule has 1 aliphatic rings. The van der Waals surface area contributed by atoms with Gasteiger partial charge in [0.25, 0.3) is 0 Å². The fourth-order valence-electron chi connectivity index (χ4n) is 4.37. The average Bonchev–Trinajstić information content (AvgIpc) is 3.30. The van der Waals surface area contributed by atoms with Crippen LogP contribution in [0.5, 0.6) is 11.5 Å². The third-order valence-electron chi connectivity index (χ3n) is 6.20.